The Kier molecular flexibility index (Phi) is 3.63. The van der Waals surface area contributed by atoms with Crippen LogP contribution in [-0.4, -0.2) is 21.8 Å². The zero-order valence-corrected chi connectivity index (χ0v) is 14.8. The van der Waals surface area contributed by atoms with Gasteiger partial charge in [-0.3, -0.25) is 19.8 Å². The molecule has 8 heteroatoms. The quantitative estimate of drug-likeness (QED) is 0.623. The van der Waals surface area contributed by atoms with Gasteiger partial charge < -0.3 is 4.98 Å². The van der Waals surface area contributed by atoms with Crippen LogP contribution in [0.25, 0.3) is 10.9 Å². The number of hydrogen-bond acceptors (Lipinski definition) is 4. The topological polar surface area (TPSA) is 82.3 Å². The number of carbonyl (C=O) groups is 2. The minimum absolute atomic E-state index is 0.0469. The molecule has 0 atom stereocenters. The highest BCUT2D eigenvalue weighted by atomic mass is 79.9. The average Bonchev–Trinajstić information content (AvgIpc) is 2.81. The molecule has 6 nitrogen and oxygen atoms in total. The van der Waals surface area contributed by atoms with E-state index in [-0.39, 0.29) is 11.3 Å². The number of halogens is 2. The predicted molar refractivity (Wildman–Crippen MR) is 97.8 cm³/mol. The summed E-state index contributed by atoms with van der Waals surface area (Å²) in [6, 6.07) is 11.6. The fourth-order valence-electron chi connectivity index (χ4n) is 2.70. The number of H-pyrrole nitrogens is 1. The van der Waals surface area contributed by atoms with Gasteiger partial charge in [0, 0.05) is 14.9 Å². The molecule has 0 aliphatic carbocycles. The second-order valence-corrected chi connectivity index (χ2v) is 6.81. The Balaban J connectivity index is 1.81. The van der Waals surface area contributed by atoms with Gasteiger partial charge in [-0.25, -0.2) is 0 Å². The van der Waals surface area contributed by atoms with Crippen molar-refractivity contribution >= 4 is 55.9 Å². The third-order valence-corrected chi connectivity index (χ3v) is 4.65. The van der Waals surface area contributed by atoms with Crippen LogP contribution in [0.15, 0.2) is 51.7 Å². The number of benzene rings is 2. The monoisotopic (exact) mass is 417 g/mol. The van der Waals surface area contributed by atoms with Gasteiger partial charge in [0.15, 0.2) is 0 Å². The van der Waals surface area contributed by atoms with Crippen LogP contribution in [0.5, 0.6) is 0 Å². The molecule has 124 valence electrons. The SMILES string of the molecule is O=C1c2[nH]c3cc(Cl)ccc3c(=O)c2C(=O)N1Nc1ccc(Br)cc1. The smallest absolute Gasteiger partial charge is 0.297 e. The minimum Gasteiger partial charge on any atom is -0.350 e. The molecule has 0 saturated carbocycles. The van der Waals surface area contributed by atoms with E-state index < -0.39 is 17.2 Å². The van der Waals surface area contributed by atoms with Crippen LogP contribution >= 0.6 is 27.5 Å². The van der Waals surface area contributed by atoms with E-state index in [0.29, 0.717) is 21.6 Å². The van der Waals surface area contributed by atoms with Crippen molar-refractivity contribution in [3.8, 4) is 0 Å². The van der Waals surface area contributed by atoms with Gasteiger partial charge in [0.05, 0.1) is 11.2 Å². The number of nitrogens with one attached hydrogen (secondary N) is 2. The highest BCUT2D eigenvalue weighted by Gasteiger charge is 2.39. The van der Waals surface area contributed by atoms with Crippen LogP contribution in [0.2, 0.25) is 5.02 Å². The molecule has 0 spiro atoms. The number of amides is 2. The van der Waals surface area contributed by atoms with Crippen LogP contribution in [0.4, 0.5) is 5.69 Å². The first-order valence-electron chi connectivity index (χ1n) is 7.22. The van der Waals surface area contributed by atoms with Gasteiger partial charge >= 0.3 is 0 Å². The number of nitrogens with zero attached hydrogens (tertiary/aromatic N) is 1. The lowest BCUT2D eigenvalue weighted by atomic mass is 10.1. The summed E-state index contributed by atoms with van der Waals surface area (Å²) in [4.78, 5) is 40.7. The van der Waals surface area contributed by atoms with Crippen molar-refractivity contribution in [3.63, 3.8) is 0 Å². The van der Waals surface area contributed by atoms with E-state index in [1.54, 1.807) is 36.4 Å². The Bertz CT molecular complexity index is 1110. The molecule has 1 aliphatic heterocycles. The maximum absolute atomic E-state index is 12.6. The number of imide groups is 1. The van der Waals surface area contributed by atoms with Crippen molar-refractivity contribution < 1.29 is 9.59 Å². The van der Waals surface area contributed by atoms with Crippen molar-refractivity contribution in [2.45, 2.75) is 0 Å². The molecule has 2 aromatic carbocycles. The largest absolute Gasteiger partial charge is 0.350 e. The molecule has 3 aromatic rings. The molecule has 0 radical (unpaired) electrons. The Labute approximate surface area is 154 Å². The van der Waals surface area contributed by atoms with Gasteiger partial charge in [0.25, 0.3) is 11.8 Å². The van der Waals surface area contributed by atoms with Gasteiger partial charge in [-0.15, -0.1) is 0 Å². The summed E-state index contributed by atoms with van der Waals surface area (Å²) in [5.74, 6) is -1.32. The van der Waals surface area contributed by atoms with Gasteiger partial charge in [0.2, 0.25) is 5.43 Å². The van der Waals surface area contributed by atoms with Crippen molar-refractivity contribution in [2.24, 2.45) is 0 Å². The Hall–Kier alpha value is -2.64. The molecule has 25 heavy (non-hydrogen) atoms. The third-order valence-electron chi connectivity index (χ3n) is 3.88. The number of anilines is 1. The molecule has 0 saturated heterocycles. The van der Waals surface area contributed by atoms with Gasteiger partial charge in [-0.05, 0) is 42.5 Å². The summed E-state index contributed by atoms with van der Waals surface area (Å²) in [5, 5.41) is 1.55. The predicted octanol–water partition coefficient (Wildman–Crippen LogP) is 3.57. The molecule has 2 amide bonds. The number of aromatic nitrogens is 1. The Morgan fingerprint density at radius 1 is 1.00 bits per heavy atom. The first-order chi connectivity index (χ1) is 12.0. The van der Waals surface area contributed by atoms with Crippen LogP contribution in [-0.2, 0) is 0 Å². The highest BCUT2D eigenvalue weighted by Crippen LogP contribution is 2.24. The standard InChI is InChI=1S/C17H9BrClN3O3/c18-8-1-4-10(5-2-8)21-22-16(24)13-14(17(22)25)20-12-7-9(19)3-6-11(12)15(13)23/h1-7,21H,(H,20,23). The van der Waals surface area contributed by atoms with E-state index in [2.05, 4.69) is 26.3 Å². The molecular weight excluding hydrogens is 410 g/mol. The van der Waals surface area contributed by atoms with Gasteiger partial charge in [-0.2, -0.15) is 5.01 Å². The van der Waals surface area contributed by atoms with Crippen LogP contribution in [0.3, 0.4) is 0 Å². The normalized spacial score (nSPS) is 13.4. The number of hydrazine groups is 1. The van der Waals surface area contributed by atoms with Gasteiger partial charge in [0.1, 0.15) is 11.3 Å². The number of rotatable bonds is 2. The van der Waals surface area contributed by atoms with E-state index in [1.165, 1.54) is 6.07 Å². The van der Waals surface area contributed by atoms with Crippen LogP contribution in [0.1, 0.15) is 20.8 Å². The lowest BCUT2D eigenvalue weighted by Gasteiger charge is -2.15. The summed E-state index contributed by atoms with van der Waals surface area (Å²) in [6.07, 6.45) is 0. The lowest BCUT2D eigenvalue weighted by Crippen LogP contribution is -2.36. The van der Waals surface area contributed by atoms with Crippen LogP contribution in [0, 0.1) is 0 Å². The fourth-order valence-corrected chi connectivity index (χ4v) is 3.14. The van der Waals surface area contributed by atoms with E-state index in [1.807, 2.05) is 0 Å². The molecule has 4 rings (SSSR count). The van der Waals surface area contributed by atoms with E-state index >= 15 is 0 Å². The average molecular weight is 419 g/mol. The zero-order valence-electron chi connectivity index (χ0n) is 12.5. The first-order valence-corrected chi connectivity index (χ1v) is 8.39. The molecular formula is C17H9BrClN3O3. The number of pyridine rings is 1. The first kappa shape index (κ1) is 15.9. The molecule has 2 N–H and O–H groups in total. The minimum atomic E-state index is -0.694. The van der Waals surface area contributed by atoms with Crippen molar-refractivity contribution in [1.29, 1.82) is 0 Å². The molecule has 1 aromatic heterocycles. The zero-order chi connectivity index (χ0) is 17.7. The van der Waals surface area contributed by atoms with Crippen molar-refractivity contribution in [1.82, 2.24) is 9.99 Å². The Morgan fingerprint density at radius 2 is 1.72 bits per heavy atom. The highest BCUT2D eigenvalue weighted by molar-refractivity contribution is 9.10. The second kappa shape index (κ2) is 5.72. The molecule has 0 unspecified atom stereocenters. The van der Waals surface area contributed by atoms with E-state index in [4.69, 9.17) is 11.6 Å². The maximum Gasteiger partial charge on any atom is 0.297 e. The number of hydrogen-bond donors (Lipinski definition) is 2. The summed E-state index contributed by atoms with van der Waals surface area (Å²) in [5.41, 5.74) is 2.96. The summed E-state index contributed by atoms with van der Waals surface area (Å²) in [7, 11) is 0. The number of fused-ring (bicyclic) bond motifs is 2. The molecule has 2 heterocycles. The summed E-state index contributed by atoms with van der Waals surface area (Å²) >= 11 is 9.25. The second-order valence-electron chi connectivity index (χ2n) is 5.46. The van der Waals surface area contributed by atoms with Crippen molar-refractivity contribution in [2.75, 3.05) is 5.43 Å². The maximum atomic E-state index is 12.6. The fraction of sp³-hybridized carbons (Fsp3) is 0. The molecule has 0 fully saturated rings. The Morgan fingerprint density at radius 3 is 2.44 bits per heavy atom. The van der Waals surface area contributed by atoms with E-state index in [0.717, 1.165) is 9.48 Å². The van der Waals surface area contributed by atoms with Crippen molar-refractivity contribution in [3.05, 3.63) is 73.4 Å². The number of aromatic amines is 1. The van der Waals surface area contributed by atoms with E-state index in [9.17, 15) is 14.4 Å². The summed E-state index contributed by atoms with van der Waals surface area (Å²) < 4.78 is 0.860. The molecule has 1 aliphatic rings. The van der Waals surface area contributed by atoms with Crippen LogP contribution < -0.4 is 10.9 Å². The summed E-state index contributed by atoms with van der Waals surface area (Å²) in [6.45, 7) is 0. The number of carbonyl (C=O) groups excluding carboxylic acids is 2. The molecule has 0 bridgehead atoms. The van der Waals surface area contributed by atoms with Gasteiger partial charge in [-0.1, -0.05) is 27.5 Å². The lowest BCUT2D eigenvalue weighted by molar-refractivity contribution is 0.0689. The third kappa shape index (κ3) is 2.52.